The fourth-order valence-electron chi connectivity index (χ4n) is 1.87. The first kappa shape index (κ1) is 11.0. The molecule has 4 heteroatoms. The summed E-state index contributed by atoms with van der Waals surface area (Å²) in [6, 6.07) is 8.15. The monoisotopic (exact) mass is 220 g/mol. The summed E-state index contributed by atoms with van der Waals surface area (Å²) < 4.78 is 5.13. The standard InChI is InChI=1S/C12H16N2O2/c1-15-11-5-3-9(4-6-11)10-7-12(13-8-10)14-16-2/h3-6,10H,7-8H2,1-2H3,(H,13,14)/t10-/m0/s1. The zero-order valence-electron chi connectivity index (χ0n) is 9.56. The lowest BCUT2D eigenvalue weighted by Crippen LogP contribution is -2.20. The van der Waals surface area contributed by atoms with E-state index in [1.54, 1.807) is 14.2 Å². The molecule has 0 unspecified atom stereocenters. The molecule has 1 N–H and O–H groups in total. The quantitative estimate of drug-likeness (QED) is 0.789. The van der Waals surface area contributed by atoms with Gasteiger partial charge in [0.25, 0.3) is 0 Å². The molecule has 0 fully saturated rings. The Hall–Kier alpha value is -1.55. The Kier molecular flexibility index (Phi) is 3.41. The Labute approximate surface area is 95.2 Å². The number of ether oxygens (including phenoxy) is 1. The number of hydroxylamine groups is 1. The molecule has 1 atom stereocenters. The molecule has 1 aliphatic heterocycles. The van der Waals surface area contributed by atoms with Crippen LogP contribution in [0.3, 0.4) is 0 Å². The minimum atomic E-state index is 0.448. The van der Waals surface area contributed by atoms with Gasteiger partial charge in [-0.15, -0.1) is 0 Å². The van der Waals surface area contributed by atoms with Crippen LogP contribution in [0, 0.1) is 0 Å². The Morgan fingerprint density at radius 1 is 1.25 bits per heavy atom. The van der Waals surface area contributed by atoms with Crippen molar-refractivity contribution < 1.29 is 9.57 Å². The highest BCUT2D eigenvalue weighted by molar-refractivity contribution is 5.83. The van der Waals surface area contributed by atoms with Gasteiger partial charge in [0.2, 0.25) is 0 Å². The molecular weight excluding hydrogens is 204 g/mol. The molecule has 1 heterocycles. The van der Waals surface area contributed by atoms with Gasteiger partial charge in [-0.05, 0) is 17.7 Å². The Morgan fingerprint density at radius 2 is 2.00 bits per heavy atom. The number of aliphatic imine (C=N–C) groups is 1. The molecule has 1 aliphatic rings. The Morgan fingerprint density at radius 3 is 2.62 bits per heavy atom. The van der Waals surface area contributed by atoms with Crippen LogP contribution in [0.1, 0.15) is 17.9 Å². The molecule has 2 rings (SSSR count). The van der Waals surface area contributed by atoms with E-state index in [0.717, 1.165) is 24.6 Å². The first-order valence-electron chi connectivity index (χ1n) is 5.29. The van der Waals surface area contributed by atoms with Crippen molar-refractivity contribution in [2.75, 3.05) is 20.8 Å². The lowest BCUT2D eigenvalue weighted by atomic mass is 9.97. The zero-order chi connectivity index (χ0) is 11.4. The highest BCUT2D eigenvalue weighted by Crippen LogP contribution is 2.26. The predicted octanol–water partition coefficient (Wildman–Crippen LogP) is 1.73. The molecular formula is C12H16N2O2. The number of benzene rings is 1. The van der Waals surface area contributed by atoms with E-state index in [1.807, 2.05) is 12.1 Å². The van der Waals surface area contributed by atoms with Crippen molar-refractivity contribution in [1.29, 1.82) is 0 Å². The first-order valence-corrected chi connectivity index (χ1v) is 5.29. The van der Waals surface area contributed by atoms with Crippen LogP contribution in [0.4, 0.5) is 0 Å². The van der Waals surface area contributed by atoms with Gasteiger partial charge in [0, 0.05) is 18.9 Å². The SMILES string of the molecule is CONC1=NC[C@@H](c2ccc(OC)cc2)C1. The second-order valence-corrected chi connectivity index (χ2v) is 3.77. The van der Waals surface area contributed by atoms with Gasteiger partial charge in [-0.2, -0.15) is 0 Å². The maximum Gasteiger partial charge on any atom is 0.121 e. The van der Waals surface area contributed by atoms with Gasteiger partial charge in [-0.3, -0.25) is 15.3 Å². The fourth-order valence-corrected chi connectivity index (χ4v) is 1.87. The van der Waals surface area contributed by atoms with E-state index in [4.69, 9.17) is 9.57 Å². The lowest BCUT2D eigenvalue weighted by Gasteiger charge is -2.10. The molecule has 16 heavy (non-hydrogen) atoms. The van der Waals surface area contributed by atoms with Gasteiger partial charge in [-0.1, -0.05) is 12.1 Å². The Bertz CT molecular complexity index is 373. The van der Waals surface area contributed by atoms with Crippen molar-refractivity contribution in [1.82, 2.24) is 5.48 Å². The molecule has 0 spiro atoms. The van der Waals surface area contributed by atoms with Gasteiger partial charge < -0.3 is 4.74 Å². The van der Waals surface area contributed by atoms with Crippen LogP contribution in [-0.2, 0) is 4.84 Å². The van der Waals surface area contributed by atoms with Crippen LogP contribution >= 0.6 is 0 Å². The van der Waals surface area contributed by atoms with E-state index in [-0.39, 0.29) is 0 Å². The number of rotatable bonds is 3. The summed E-state index contributed by atoms with van der Waals surface area (Å²) in [5, 5.41) is 0. The first-order chi connectivity index (χ1) is 7.83. The van der Waals surface area contributed by atoms with E-state index in [0.29, 0.717) is 5.92 Å². The largest absolute Gasteiger partial charge is 0.497 e. The van der Waals surface area contributed by atoms with Crippen LogP contribution in [0.5, 0.6) is 5.75 Å². The number of nitrogens with zero attached hydrogens (tertiary/aromatic N) is 1. The zero-order valence-corrected chi connectivity index (χ0v) is 9.56. The van der Waals surface area contributed by atoms with E-state index < -0.39 is 0 Å². The molecule has 0 aromatic heterocycles. The van der Waals surface area contributed by atoms with Crippen molar-refractivity contribution in [3.63, 3.8) is 0 Å². The molecule has 4 nitrogen and oxygen atoms in total. The fraction of sp³-hybridized carbons (Fsp3) is 0.417. The van der Waals surface area contributed by atoms with E-state index >= 15 is 0 Å². The van der Waals surface area contributed by atoms with Crippen LogP contribution in [0.15, 0.2) is 29.3 Å². The van der Waals surface area contributed by atoms with Crippen LogP contribution in [0.25, 0.3) is 0 Å². The molecule has 1 aromatic carbocycles. The summed E-state index contributed by atoms with van der Waals surface area (Å²) in [7, 11) is 3.28. The van der Waals surface area contributed by atoms with Gasteiger partial charge in [-0.25, -0.2) is 0 Å². The third kappa shape index (κ3) is 2.33. The maximum absolute atomic E-state index is 5.13. The summed E-state index contributed by atoms with van der Waals surface area (Å²) in [5.41, 5.74) is 4.08. The normalized spacial score (nSPS) is 19.4. The summed E-state index contributed by atoms with van der Waals surface area (Å²) in [4.78, 5) is 9.22. The van der Waals surface area contributed by atoms with Crippen molar-refractivity contribution >= 4 is 5.84 Å². The summed E-state index contributed by atoms with van der Waals surface area (Å²) >= 11 is 0. The number of amidine groups is 1. The lowest BCUT2D eigenvalue weighted by molar-refractivity contribution is 0.143. The topological polar surface area (TPSA) is 42.8 Å². The minimum absolute atomic E-state index is 0.448. The van der Waals surface area contributed by atoms with E-state index in [9.17, 15) is 0 Å². The molecule has 0 amide bonds. The molecule has 0 saturated carbocycles. The molecule has 0 aliphatic carbocycles. The van der Waals surface area contributed by atoms with Crippen molar-refractivity contribution in [3.8, 4) is 5.75 Å². The highest BCUT2D eigenvalue weighted by Gasteiger charge is 2.20. The maximum atomic E-state index is 5.13. The van der Waals surface area contributed by atoms with Gasteiger partial charge in [0.15, 0.2) is 0 Å². The predicted molar refractivity (Wildman–Crippen MR) is 62.8 cm³/mol. The van der Waals surface area contributed by atoms with Crippen LogP contribution < -0.4 is 10.2 Å². The highest BCUT2D eigenvalue weighted by atomic mass is 16.6. The van der Waals surface area contributed by atoms with Crippen molar-refractivity contribution in [3.05, 3.63) is 29.8 Å². The molecule has 1 aromatic rings. The molecule has 86 valence electrons. The van der Waals surface area contributed by atoms with Crippen molar-refractivity contribution in [2.45, 2.75) is 12.3 Å². The number of hydrogen-bond acceptors (Lipinski definition) is 4. The second-order valence-electron chi connectivity index (χ2n) is 3.77. The molecule has 0 bridgehead atoms. The van der Waals surface area contributed by atoms with Gasteiger partial charge in [0.05, 0.1) is 14.2 Å². The smallest absolute Gasteiger partial charge is 0.121 e. The summed E-state index contributed by atoms with van der Waals surface area (Å²) in [6.45, 7) is 0.817. The Balaban J connectivity index is 1.99. The molecule has 0 radical (unpaired) electrons. The van der Waals surface area contributed by atoms with Crippen LogP contribution in [0.2, 0.25) is 0 Å². The average Bonchev–Trinajstić information content (AvgIpc) is 2.78. The molecule has 0 saturated heterocycles. The number of nitrogens with one attached hydrogen (secondary N) is 1. The third-order valence-electron chi connectivity index (χ3n) is 2.75. The van der Waals surface area contributed by atoms with Gasteiger partial charge in [0.1, 0.15) is 11.6 Å². The van der Waals surface area contributed by atoms with Crippen LogP contribution in [-0.4, -0.2) is 26.6 Å². The average molecular weight is 220 g/mol. The van der Waals surface area contributed by atoms with Crippen molar-refractivity contribution in [2.24, 2.45) is 4.99 Å². The van der Waals surface area contributed by atoms with E-state index in [1.165, 1.54) is 5.56 Å². The number of hydrogen-bond donors (Lipinski definition) is 1. The summed E-state index contributed by atoms with van der Waals surface area (Å²) in [5.74, 6) is 2.25. The summed E-state index contributed by atoms with van der Waals surface area (Å²) in [6.07, 6.45) is 0.903. The number of methoxy groups -OCH3 is 1. The van der Waals surface area contributed by atoms with Gasteiger partial charge >= 0.3 is 0 Å². The minimum Gasteiger partial charge on any atom is -0.497 e. The van der Waals surface area contributed by atoms with E-state index in [2.05, 4.69) is 22.6 Å². The third-order valence-corrected chi connectivity index (χ3v) is 2.75. The second kappa shape index (κ2) is 4.99.